The lowest BCUT2D eigenvalue weighted by Gasteiger charge is -2.13. The lowest BCUT2D eigenvalue weighted by atomic mass is 10.1. The number of fused-ring (bicyclic) bond motifs is 1. The van der Waals surface area contributed by atoms with Crippen LogP contribution in [-0.2, 0) is 6.42 Å². The lowest BCUT2D eigenvalue weighted by molar-refractivity contribution is 0.478. The van der Waals surface area contributed by atoms with Crippen molar-refractivity contribution in [1.29, 1.82) is 0 Å². The number of hydrogen-bond donors (Lipinski definition) is 1. The number of aromatic amines is 1. The summed E-state index contributed by atoms with van der Waals surface area (Å²) in [5.74, 6) is 0. The van der Waals surface area contributed by atoms with Gasteiger partial charge in [-0.2, -0.15) is 15.3 Å². The van der Waals surface area contributed by atoms with Crippen LogP contribution in [0.5, 0.6) is 0 Å². The van der Waals surface area contributed by atoms with Gasteiger partial charge in [-0.05, 0) is 49.1 Å². The molecular formula is C26H26N6. The molecule has 1 fully saturated rings. The molecule has 3 aromatic heterocycles. The molecule has 0 bridgehead atoms. The number of nitrogens with one attached hydrogen (secondary N) is 1. The third-order valence-electron chi connectivity index (χ3n) is 6.67. The van der Waals surface area contributed by atoms with Gasteiger partial charge in [-0.25, -0.2) is 4.68 Å². The first-order valence-electron chi connectivity index (χ1n) is 11.5. The van der Waals surface area contributed by atoms with Gasteiger partial charge in [0.05, 0.1) is 41.0 Å². The number of H-pyrrole nitrogens is 1. The van der Waals surface area contributed by atoms with E-state index in [1.54, 1.807) is 0 Å². The highest BCUT2D eigenvalue weighted by Gasteiger charge is 2.22. The lowest BCUT2D eigenvalue weighted by Crippen LogP contribution is -2.06. The number of nitrogens with zero attached hydrogens (tertiary/aromatic N) is 5. The molecule has 6 heteroatoms. The van der Waals surface area contributed by atoms with Crippen LogP contribution in [0.15, 0.2) is 67.1 Å². The highest BCUT2D eigenvalue weighted by atomic mass is 15.3. The van der Waals surface area contributed by atoms with Crippen molar-refractivity contribution < 1.29 is 0 Å². The maximum absolute atomic E-state index is 5.01. The molecule has 1 N–H and O–H groups in total. The number of rotatable bonds is 5. The first-order chi connectivity index (χ1) is 15.8. The van der Waals surface area contributed by atoms with Crippen LogP contribution in [0.1, 0.15) is 44.3 Å². The number of aromatic nitrogens is 6. The normalized spacial score (nSPS) is 14.5. The zero-order valence-electron chi connectivity index (χ0n) is 18.2. The molecule has 32 heavy (non-hydrogen) atoms. The monoisotopic (exact) mass is 422 g/mol. The molecule has 0 unspecified atom stereocenters. The SMILES string of the molecule is CCc1nn(C2CCCC2)c2cc(-c3ccnn3-c3ccc(-c4cn[nH]c4)cc3)ccc12. The van der Waals surface area contributed by atoms with Crippen LogP contribution >= 0.6 is 0 Å². The Morgan fingerprint density at radius 3 is 2.53 bits per heavy atom. The molecule has 0 saturated heterocycles. The van der Waals surface area contributed by atoms with Crippen molar-refractivity contribution in [3.05, 3.63) is 72.8 Å². The van der Waals surface area contributed by atoms with Crippen molar-refractivity contribution >= 4 is 10.9 Å². The van der Waals surface area contributed by atoms with E-state index >= 15 is 0 Å². The number of hydrogen-bond acceptors (Lipinski definition) is 3. The van der Waals surface area contributed by atoms with Gasteiger partial charge >= 0.3 is 0 Å². The van der Waals surface area contributed by atoms with Gasteiger partial charge in [0.1, 0.15) is 0 Å². The minimum atomic E-state index is 0.522. The fourth-order valence-electron chi connectivity index (χ4n) is 4.98. The van der Waals surface area contributed by atoms with Gasteiger partial charge in [0.25, 0.3) is 0 Å². The summed E-state index contributed by atoms with van der Waals surface area (Å²) in [6, 6.07) is 17.8. The average molecular weight is 423 g/mol. The predicted molar refractivity (Wildman–Crippen MR) is 127 cm³/mol. The van der Waals surface area contributed by atoms with Crippen LogP contribution < -0.4 is 0 Å². The zero-order valence-corrected chi connectivity index (χ0v) is 18.2. The Balaban J connectivity index is 1.41. The maximum Gasteiger partial charge on any atom is 0.0741 e. The first-order valence-corrected chi connectivity index (χ1v) is 11.5. The van der Waals surface area contributed by atoms with Crippen LogP contribution in [0.25, 0.3) is 39.0 Å². The van der Waals surface area contributed by atoms with Crippen molar-refractivity contribution in [2.24, 2.45) is 0 Å². The molecular weight excluding hydrogens is 396 g/mol. The van der Waals surface area contributed by atoms with Gasteiger partial charge in [0, 0.05) is 22.7 Å². The van der Waals surface area contributed by atoms with E-state index in [-0.39, 0.29) is 0 Å². The molecule has 0 atom stereocenters. The third-order valence-corrected chi connectivity index (χ3v) is 6.67. The summed E-state index contributed by atoms with van der Waals surface area (Å²) in [4.78, 5) is 0. The minimum Gasteiger partial charge on any atom is -0.285 e. The first kappa shape index (κ1) is 19.0. The standard InChI is InChI=1S/C26H26N6/c1-2-24-23-12-9-19(15-26(23)32(30-24)21-5-3-4-6-21)25-13-14-29-31(25)22-10-7-18(8-11-22)20-16-27-28-17-20/h7-17,21H,2-6H2,1H3,(H,27,28). The second-order valence-corrected chi connectivity index (χ2v) is 8.58. The molecule has 160 valence electrons. The van der Waals surface area contributed by atoms with Crippen LogP contribution in [-0.4, -0.2) is 29.8 Å². The van der Waals surface area contributed by atoms with Gasteiger partial charge in [-0.1, -0.05) is 44.0 Å². The molecule has 0 aliphatic heterocycles. The summed E-state index contributed by atoms with van der Waals surface area (Å²) >= 11 is 0. The Morgan fingerprint density at radius 2 is 1.78 bits per heavy atom. The Labute approximate surface area is 186 Å². The Kier molecular flexibility index (Phi) is 4.63. The molecule has 1 aliphatic carbocycles. The van der Waals surface area contributed by atoms with E-state index in [2.05, 4.69) is 75.4 Å². The molecule has 3 heterocycles. The van der Waals surface area contributed by atoms with Gasteiger partial charge in [-0.15, -0.1) is 0 Å². The predicted octanol–water partition coefficient (Wildman–Crippen LogP) is 5.96. The highest BCUT2D eigenvalue weighted by molar-refractivity contribution is 5.86. The Hall–Kier alpha value is -3.67. The summed E-state index contributed by atoms with van der Waals surface area (Å²) < 4.78 is 4.31. The molecule has 0 radical (unpaired) electrons. The molecule has 6 rings (SSSR count). The highest BCUT2D eigenvalue weighted by Crippen LogP contribution is 2.35. The molecule has 1 aliphatic rings. The fourth-order valence-corrected chi connectivity index (χ4v) is 4.98. The summed E-state index contributed by atoms with van der Waals surface area (Å²) in [5.41, 5.74) is 7.93. The van der Waals surface area contributed by atoms with Crippen LogP contribution in [0.4, 0.5) is 0 Å². The molecule has 0 amide bonds. The third kappa shape index (κ3) is 3.14. The molecule has 5 aromatic rings. The fraction of sp³-hybridized carbons (Fsp3) is 0.269. The van der Waals surface area contributed by atoms with Crippen LogP contribution in [0.3, 0.4) is 0 Å². The zero-order chi connectivity index (χ0) is 21.5. The summed E-state index contributed by atoms with van der Waals surface area (Å²) in [6.45, 7) is 2.19. The van der Waals surface area contributed by atoms with E-state index < -0.39 is 0 Å². The summed E-state index contributed by atoms with van der Waals surface area (Å²) in [7, 11) is 0. The second-order valence-electron chi connectivity index (χ2n) is 8.58. The second kappa shape index (κ2) is 7.79. The van der Waals surface area contributed by atoms with E-state index in [9.17, 15) is 0 Å². The van der Waals surface area contributed by atoms with Crippen molar-refractivity contribution in [1.82, 2.24) is 29.8 Å². The molecule has 0 spiro atoms. The Bertz CT molecular complexity index is 1350. The van der Waals surface area contributed by atoms with Crippen molar-refractivity contribution in [2.45, 2.75) is 45.1 Å². The molecule has 1 saturated carbocycles. The maximum atomic E-state index is 5.01. The number of aryl methyl sites for hydroxylation is 1. The van der Waals surface area contributed by atoms with Crippen molar-refractivity contribution in [2.75, 3.05) is 0 Å². The van der Waals surface area contributed by atoms with E-state index in [0.29, 0.717) is 6.04 Å². The summed E-state index contributed by atoms with van der Waals surface area (Å²) in [6.07, 6.45) is 11.6. The minimum absolute atomic E-state index is 0.522. The average Bonchev–Trinajstić information content (AvgIpc) is 3.64. The smallest absolute Gasteiger partial charge is 0.0741 e. The largest absolute Gasteiger partial charge is 0.285 e. The van der Waals surface area contributed by atoms with Gasteiger partial charge in [0.2, 0.25) is 0 Å². The van der Waals surface area contributed by atoms with E-state index in [1.165, 1.54) is 42.3 Å². The van der Waals surface area contributed by atoms with Gasteiger partial charge < -0.3 is 0 Å². The topological polar surface area (TPSA) is 64.3 Å². The quantitative estimate of drug-likeness (QED) is 0.380. The molecule has 6 nitrogen and oxygen atoms in total. The van der Waals surface area contributed by atoms with Gasteiger partial charge in [0.15, 0.2) is 0 Å². The Morgan fingerprint density at radius 1 is 0.969 bits per heavy atom. The number of benzene rings is 2. The van der Waals surface area contributed by atoms with Crippen LogP contribution in [0, 0.1) is 0 Å². The van der Waals surface area contributed by atoms with Gasteiger partial charge in [-0.3, -0.25) is 9.78 Å². The molecule has 2 aromatic carbocycles. The summed E-state index contributed by atoms with van der Waals surface area (Å²) in [5, 5.41) is 17.8. The van der Waals surface area contributed by atoms with E-state index in [4.69, 9.17) is 5.10 Å². The van der Waals surface area contributed by atoms with Crippen molar-refractivity contribution in [3.63, 3.8) is 0 Å². The van der Waals surface area contributed by atoms with E-state index in [1.807, 2.05) is 23.3 Å². The van der Waals surface area contributed by atoms with Crippen LogP contribution in [0.2, 0.25) is 0 Å². The van der Waals surface area contributed by atoms with E-state index in [0.717, 1.165) is 34.5 Å². The van der Waals surface area contributed by atoms with Crippen molar-refractivity contribution in [3.8, 4) is 28.1 Å².